The van der Waals surface area contributed by atoms with Crippen LogP contribution in [0.3, 0.4) is 0 Å². The van der Waals surface area contributed by atoms with E-state index in [1.54, 1.807) is 0 Å². The lowest BCUT2D eigenvalue weighted by molar-refractivity contribution is 0.103. The molecule has 0 spiro atoms. The Morgan fingerprint density at radius 3 is 2.46 bits per heavy atom. The molecule has 0 aliphatic heterocycles. The molecule has 0 bridgehead atoms. The van der Waals surface area contributed by atoms with Crippen molar-refractivity contribution in [3.05, 3.63) is 60.2 Å². The second-order valence-electron chi connectivity index (χ2n) is 7.32. The summed E-state index contributed by atoms with van der Waals surface area (Å²) in [6, 6.07) is 19.3. The minimum Gasteiger partial charge on any atom is -0.394 e. The van der Waals surface area contributed by atoms with Gasteiger partial charge in [-0.25, -0.2) is 0 Å². The summed E-state index contributed by atoms with van der Waals surface area (Å²) in [5.74, 6) is 0. The van der Waals surface area contributed by atoms with E-state index in [9.17, 15) is 10.2 Å². The minimum atomic E-state index is -0.680. The third kappa shape index (κ3) is 2.67. The molecular weight excluding hydrogens is 326 g/mol. The Morgan fingerprint density at radius 2 is 1.69 bits per heavy atom. The molecule has 0 aliphatic carbocycles. The standard InChI is InChI=1S/C22H24N2O2/c1-22(13-25,14-26)23-12-15-7-9-19-18(11-15)21-17-6-4-3-5-16(17)8-10-20(21)24(19)2/h3-11,23,25-26H,12-14H2,1-2H3/i12+2. The van der Waals surface area contributed by atoms with Gasteiger partial charge in [0, 0.05) is 35.4 Å². The van der Waals surface area contributed by atoms with Crippen LogP contribution < -0.4 is 5.32 Å². The van der Waals surface area contributed by atoms with Crippen molar-refractivity contribution in [3.8, 4) is 0 Å². The maximum absolute atomic E-state index is 9.47. The van der Waals surface area contributed by atoms with E-state index < -0.39 is 5.54 Å². The summed E-state index contributed by atoms with van der Waals surface area (Å²) >= 11 is 0. The van der Waals surface area contributed by atoms with E-state index in [-0.39, 0.29) is 13.2 Å². The van der Waals surface area contributed by atoms with Crippen molar-refractivity contribution in [2.24, 2.45) is 7.05 Å². The summed E-state index contributed by atoms with van der Waals surface area (Å²) in [7, 11) is 2.10. The van der Waals surface area contributed by atoms with Crippen LogP contribution in [-0.4, -0.2) is 33.5 Å². The van der Waals surface area contributed by atoms with Crippen molar-refractivity contribution < 1.29 is 10.2 Å². The molecule has 26 heavy (non-hydrogen) atoms. The molecule has 0 atom stereocenters. The first-order valence-corrected chi connectivity index (χ1v) is 8.92. The fraction of sp³-hybridized carbons (Fsp3) is 0.273. The predicted molar refractivity (Wildman–Crippen MR) is 107 cm³/mol. The SMILES string of the molecule is Cn1c2ccc([14CH2]NC(C)(CO)CO)cc2c2c3ccccc3ccc21. The molecule has 0 saturated heterocycles. The fourth-order valence-corrected chi connectivity index (χ4v) is 3.62. The van der Waals surface area contributed by atoms with Crippen molar-refractivity contribution in [1.29, 1.82) is 0 Å². The lowest BCUT2D eigenvalue weighted by Gasteiger charge is -2.26. The Bertz CT molecular complexity index is 1090. The number of fused-ring (bicyclic) bond motifs is 5. The molecule has 4 aromatic rings. The van der Waals surface area contributed by atoms with Gasteiger partial charge in [-0.3, -0.25) is 0 Å². The van der Waals surface area contributed by atoms with Crippen molar-refractivity contribution in [2.75, 3.05) is 13.2 Å². The molecule has 0 aliphatic rings. The summed E-state index contributed by atoms with van der Waals surface area (Å²) in [5.41, 5.74) is 2.87. The zero-order chi connectivity index (χ0) is 18.3. The van der Waals surface area contributed by atoms with Crippen molar-refractivity contribution in [2.45, 2.75) is 19.0 Å². The lowest BCUT2D eigenvalue weighted by atomic mass is 10.0. The minimum absolute atomic E-state index is 0.106. The van der Waals surface area contributed by atoms with E-state index in [0.717, 1.165) is 5.56 Å². The van der Waals surface area contributed by atoms with Crippen LogP contribution in [0.4, 0.5) is 0 Å². The molecule has 0 saturated carbocycles. The first-order valence-electron chi connectivity index (χ1n) is 8.92. The van der Waals surface area contributed by atoms with Gasteiger partial charge in [-0.2, -0.15) is 0 Å². The van der Waals surface area contributed by atoms with Gasteiger partial charge >= 0.3 is 0 Å². The summed E-state index contributed by atoms with van der Waals surface area (Å²) < 4.78 is 2.24. The maximum atomic E-state index is 9.47. The number of hydrogen-bond acceptors (Lipinski definition) is 3. The smallest absolute Gasteiger partial charge is 0.0633 e. The molecule has 134 valence electrons. The summed E-state index contributed by atoms with van der Waals surface area (Å²) in [5, 5.41) is 27.2. The Kier molecular flexibility index (Phi) is 4.19. The Hall–Kier alpha value is -2.40. The highest BCUT2D eigenvalue weighted by molar-refractivity contribution is 6.20. The third-order valence-corrected chi connectivity index (χ3v) is 5.38. The van der Waals surface area contributed by atoms with Crippen molar-refractivity contribution in [1.82, 2.24) is 9.88 Å². The number of aliphatic hydroxyl groups excluding tert-OH is 2. The zero-order valence-corrected chi connectivity index (χ0v) is 15.2. The van der Waals surface area contributed by atoms with Gasteiger partial charge in [0.1, 0.15) is 0 Å². The Labute approximate surface area is 152 Å². The van der Waals surface area contributed by atoms with Crippen LogP contribution in [0.2, 0.25) is 0 Å². The van der Waals surface area contributed by atoms with Crippen LogP contribution in [0.15, 0.2) is 54.6 Å². The lowest BCUT2D eigenvalue weighted by Crippen LogP contribution is -2.48. The number of rotatable bonds is 5. The van der Waals surface area contributed by atoms with E-state index >= 15 is 0 Å². The van der Waals surface area contributed by atoms with Crippen LogP contribution >= 0.6 is 0 Å². The molecule has 3 N–H and O–H groups in total. The first kappa shape index (κ1) is 17.0. The molecule has 0 unspecified atom stereocenters. The van der Waals surface area contributed by atoms with E-state index in [0.29, 0.717) is 6.54 Å². The van der Waals surface area contributed by atoms with Gasteiger partial charge in [-0.05, 0) is 41.5 Å². The number of hydrogen-bond donors (Lipinski definition) is 3. The molecule has 0 fully saturated rings. The van der Waals surface area contributed by atoms with Gasteiger partial charge in [-0.1, -0.05) is 36.4 Å². The second kappa shape index (κ2) is 6.40. The molecule has 1 aromatic heterocycles. The van der Waals surface area contributed by atoms with Gasteiger partial charge in [0.05, 0.1) is 18.8 Å². The quantitative estimate of drug-likeness (QED) is 0.517. The topological polar surface area (TPSA) is 57.4 Å². The highest BCUT2D eigenvalue weighted by Crippen LogP contribution is 2.34. The molecule has 4 nitrogen and oxygen atoms in total. The molecular formula is C22H24N2O2. The molecule has 0 amide bonds. The highest BCUT2D eigenvalue weighted by atomic mass is 16.3. The van der Waals surface area contributed by atoms with E-state index in [1.807, 2.05) is 6.92 Å². The fourth-order valence-electron chi connectivity index (χ4n) is 3.62. The molecule has 4 heteroatoms. The second-order valence-corrected chi connectivity index (χ2v) is 7.32. The van der Waals surface area contributed by atoms with Crippen molar-refractivity contribution >= 4 is 32.6 Å². The highest BCUT2D eigenvalue weighted by Gasteiger charge is 2.21. The van der Waals surface area contributed by atoms with Gasteiger partial charge in [0.25, 0.3) is 0 Å². The number of aliphatic hydroxyl groups is 2. The van der Waals surface area contributed by atoms with Gasteiger partial charge in [0.2, 0.25) is 0 Å². The Morgan fingerprint density at radius 1 is 0.962 bits per heavy atom. The average molecular weight is 350 g/mol. The Balaban J connectivity index is 1.87. The molecule has 3 aromatic carbocycles. The average Bonchev–Trinajstić information content (AvgIpc) is 2.98. The summed E-state index contributed by atoms with van der Waals surface area (Å²) in [6.07, 6.45) is 0. The maximum Gasteiger partial charge on any atom is 0.0633 e. The number of benzene rings is 3. The number of aryl methyl sites for hydroxylation is 1. The summed E-state index contributed by atoms with van der Waals surface area (Å²) in [4.78, 5) is 0. The van der Waals surface area contributed by atoms with E-state index in [2.05, 4.69) is 71.5 Å². The molecule has 0 radical (unpaired) electrons. The van der Waals surface area contributed by atoms with Gasteiger partial charge < -0.3 is 20.1 Å². The predicted octanol–water partition coefficient (Wildman–Crippen LogP) is 3.32. The monoisotopic (exact) mass is 350 g/mol. The van der Waals surface area contributed by atoms with Gasteiger partial charge in [0.15, 0.2) is 0 Å². The first-order chi connectivity index (χ1) is 12.6. The number of nitrogens with one attached hydrogen (secondary N) is 1. The van der Waals surface area contributed by atoms with Crippen LogP contribution in [0, 0.1) is 0 Å². The van der Waals surface area contributed by atoms with Crippen LogP contribution in [0.25, 0.3) is 32.6 Å². The van der Waals surface area contributed by atoms with Gasteiger partial charge in [-0.15, -0.1) is 0 Å². The molecule has 1 heterocycles. The van der Waals surface area contributed by atoms with Crippen molar-refractivity contribution in [3.63, 3.8) is 0 Å². The van der Waals surface area contributed by atoms with E-state index in [4.69, 9.17) is 0 Å². The summed E-state index contributed by atoms with van der Waals surface area (Å²) in [6.45, 7) is 2.20. The normalized spacial score (nSPS) is 12.5. The zero-order valence-electron chi connectivity index (χ0n) is 15.2. The van der Waals surface area contributed by atoms with E-state index in [1.165, 1.54) is 32.6 Å². The largest absolute Gasteiger partial charge is 0.394 e. The number of nitrogens with zero attached hydrogens (tertiary/aromatic N) is 1. The molecule has 4 rings (SSSR count). The third-order valence-electron chi connectivity index (χ3n) is 5.38. The number of aromatic nitrogens is 1. The van der Waals surface area contributed by atoms with Crippen LogP contribution in [-0.2, 0) is 13.6 Å². The van der Waals surface area contributed by atoms with Crippen LogP contribution in [0.1, 0.15) is 12.5 Å². The van der Waals surface area contributed by atoms with Crippen LogP contribution in [0.5, 0.6) is 0 Å².